The van der Waals surface area contributed by atoms with Crippen molar-refractivity contribution in [2.24, 2.45) is 4.99 Å². The number of nitrogens with zero attached hydrogens (tertiary/aromatic N) is 3. The standard InChI is InChI=1S/C25H18ClF3N4O3S/c26-17-3-2-15(18(10-17)25(27,28)29)12-33-20-4-1-13(7-16(20)11-31-33)8-21-22(34)32-23(37-21)19-9-14(24(35)36)5-6-30-19/h1-5,7-8,10-11,19,30H,6,9,12H2,(H,35,36). The minimum atomic E-state index is -4.55. The first-order valence-corrected chi connectivity index (χ1v) is 12.3. The normalized spacial score (nSPS) is 19.4. The van der Waals surface area contributed by atoms with E-state index >= 15 is 0 Å². The summed E-state index contributed by atoms with van der Waals surface area (Å²) in [5.74, 6) is -1.40. The van der Waals surface area contributed by atoms with Gasteiger partial charge in [-0.25, -0.2) is 9.79 Å². The molecule has 1 aromatic heterocycles. The molecule has 3 heterocycles. The summed E-state index contributed by atoms with van der Waals surface area (Å²) in [7, 11) is 0. The van der Waals surface area contributed by atoms with Gasteiger partial charge in [0.25, 0.3) is 5.91 Å². The second-order valence-corrected chi connectivity index (χ2v) is 9.98. The van der Waals surface area contributed by atoms with Gasteiger partial charge < -0.3 is 10.4 Å². The SMILES string of the molecule is O=C(O)C1=CCNC(C2=NC(=O)C(=Cc3ccc4c(cnn4Cc4ccc(Cl)cc4C(F)(F)F)c3)S2)C1. The minimum Gasteiger partial charge on any atom is -0.478 e. The Labute approximate surface area is 217 Å². The van der Waals surface area contributed by atoms with E-state index < -0.39 is 23.6 Å². The van der Waals surface area contributed by atoms with Gasteiger partial charge in [0.05, 0.1) is 39.8 Å². The third kappa shape index (κ3) is 5.34. The Balaban J connectivity index is 1.35. The predicted molar refractivity (Wildman–Crippen MR) is 135 cm³/mol. The van der Waals surface area contributed by atoms with Crippen LogP contribution in [0.1, 0.15) is 23.1 Å². The van der Waals surface area contributed by atoms with Gasteiger partial charge in [0, 0.05) is 28.9 Å². The van der Waals surface area contributed by atoms with E-state index in [1.54, 1.807) is 36.5 Å². The van der Waals surface area contributed by atoms with Gasteiger partial charge in [0.2, 0.25) is 0 Å². The van der Waals surface area contributed by atoms with Crippen LogP contribution >= 0.6 is 23.4 Å². The minimum absolute atomic E-state index is 0.00334. The van der Waals surface area contributed by atoms with Crippen molar-refractivity contribution in [3.05, 3.63) is 80.9 Å². The van der Waals surface area contributed by atoms with Crippen LogP contribution in [-0.4, -0.2) is 44.4 Å². The van der Waals surface area contributed by atoms with Crippen LogP contribution in [0.5, 0.6) is 0 Å². The van der Waals surface area contributed by atoms with Gasteiger partial charge in [-0.2, -0.15) is 18.3 Å². The molecule has 0 saturated carbocycles. The Bertz CT molecular complexity index is 1530. The number of carbonyl (C=O) groups is 2. The monoisotopic (exact) mass is 546 g/mol. The summed E-state index contributed by atoms with van der Waals surface area (Å²) in [6.07, 6.45) is 0.518. The molecular formula is C25H18ClF3N4O3S. The molecule has 2 aromatic carbocycles. The largest absolute Gasteiger partial charge is 0.478 e. The maximum atomic E-state index is 13.5. The second-order valence-electron chi connectivity index (χ2n) is 8.49. The van der Waals surface area contributed by atoms with Crippen LogP contribution in [-0.2, 0) is 22.3 Å². The lowest BCUT2D eigenvalue weighted by Gasteiger charge is -2.21. The molecule has 2 aliphatic heterocycles. The summed E-state index contributed by atoms with van der Waals surface area (Å²) in [5, 5.41) is 17.9. The van der Waals surface area contributed by atoms with Crippen LogP contribution in [0.2, 0.25) is 5.02 Å². The Morgan fingerprint density at radius 3 is 2.84 bits per heavy atom. The van der Waals surface area contributed by atoms with Gasteiger partial charge in [0.15, 0.2) is 0 Å². The lowest BCUT2D eigenvalue weighted by molar-refractivity contribution is -0.138. The number of alkyl halides is 3. The molecule has 1 amide bonds. The number of carboxylic acids is 1. The second kappa shape index (κ2) is 9.81. The fourth-order valence-electron chi connectivity index (χ4n) is 4.21. The van der Waals surface area contributed by atoms with Crippen LogP contribution in [0.25, 0.3) is 17.0 Å². The molecule has 0 aliphatic carbocycles. The fourth-order valence-corrected chi connectivity index (χ4v) is 5.37. The summed E-state index contributed by atoms with van der Waals surface area (Å²) < 4.78 is 41.9. The van der Waals surface area contributed by atoms with Crippen molar-refractivity contribution in [1.82, 2.24) is 15.1 Å². The molecule has 5 rings (SSSR count). The van der Waals surface area contributed by atoms with E-state index in [4.69, 9.17) is 11.6 Å². The summed E-state index contributed by atoms with van der Waals surface area (Å²) in [6.45, 7) is 0.281. The number of hydrogen-bond donors (Lipinski definition) is 2. The molecule has 0 radical (unpaired) electrons. The highest BCUT2D eigenvalue weighted by Crippen LogP contribution is 2.35. The van der Waals surface area contributed by atoms with E-state index in [1.807, 2.05) is 0 Å². The first-order valence-electron chi connectivity index (χ1n) is 11.1. The van der Waals surface area contributed by atoms with Crippen molar-refractivity contribution >= 4 is 57.3 Å². The zero-order valence-electron chi connectivity index (χ0n) is 18.9. The van der Waals surface area contributed by atoms with Crippen molar-refractivity contribution < 1.29 is 27.9 Å². The Morgan fingerprint density at radius 1 is 1.27 bits per heavy atom. The number of aliphatic imine (C=N–C) groups is 1. The van der Waals surface area contributed by atoms with Crippen molar-refractivity contribution in [1.29, 1.82) is 0 Å². The summed E-state index contributed by atoms with van der Waals surface area (Å²) in [6, 6.07) is 8.57. The Hall–Kier alpha value is -3.41. The highest BCUT2D eigenvalue weighted by atomic mass is 35.5. The topological polar surface area (TPSA) is 96.6 Å². The van der Waals surface area contributed by atoms with E-state index in [-0.39, 0.29) is 35.2 Å². The molecule has 0 bridgehead atoms. The molecule has 0 fully saturated rings. The number of aromatic nitrogens is 2. The zero-order valence-corrected chi connectivity index (χ0v) is 20.5. The summed E-state index contributed by atoms with van der Waals surface area (Å²) >= 11 is 6.97. The quantitative estimate of drug-likeness (QED) is 0.430. The zero-order chi connectivity index (χ0) is 26.3. The van der Waals surface area contributed by atoms with Gasteiger partial charge >= 0.3 is 12.1 Å². The van der Waals surface area contributed by atoms with Crippen LogP contribution < -0.4 is 5.32 Å². The first-order chi connectivity index (χ1) is 17.6. The van der Waals surface area contributed by atoms with E-state index in [9.17, 15) is 27.9 Å². The highest BCUT2D eigenvalue weighted by Gasteiger charge is 2.34. The van der Waals surface area contributed by atoms with Crippen LogP contribution in [0, 0.1) is 0 Å². The van der Waals surface area contributed by atoms with Crippen LogP contribution in [0.3, 0.4) is 0 Å². The molecule has 0 spiro atoms. The van der Waals surface area contributed by atoms with Gasteiger partial charge in [0.1, 0.15) is 0 Å². The molecule has 37 heavy (non-hydrogen) atoms. The fraction of sp³-hybridized carbons (Fsp3) is 0.200. The number of hydrogen-bond acceptors (Lipinski definition) is 5. The van der Waals surface area contributed by atoms with Crippen molar-refractivity contribution in [3.63, 3.8) is 0 Å². The highest BCUT2D eigenvalue weighted by molar-refractivity contribution is 8.18. The predicted octanol–water partition coefficient (Wildman–Crippen LogP) is 5.14. The van der Waals surface area contributed by atoms with Crippen molar-refractivity contribution in [2.75, 3.05) is 6.54 Å². The maximum absolute atomic E-state index is 13.5. The number of amides is 1. The molecule has 0 saturated heterocycles. The maximum Gasteiger partial charge on any atom is 0.416 e. The van der Waals surface area contributed by atoms with Crippen molar-refractivity contribution in [3.8, 4) is 0 Å². The number of carboxylic acid groups (broad SMARTS) is 1. The van der Waals surface area contributed by atoms with E-state index in [2.05, 4.69) is 15.4 Å². The molecule has 2 aliphatic rings. The Morgan fingerprint density at radius 2 is 2.08 bits per heavy atom. The van der Waals surface area contributed by atoms with Gasteiger partial charge in [-0.15, -0.1) is 0 Å². The van der Waals surface area contributed by atoms with Gasteiger partial charge in [-0.05, 0) is 41.5 Å². The number of thioether (sulfide) groups is 1. The number of benzene rings is 2. The number of carbonyl (C=O) groups excluding carboxylic acids is 1. The number of halogens is 4. The van der Waals surface area contributed by atoms with Crippen LogP contribution in [0.4, 0.5) is 13.2 Å². The van der Waals surface area contributed by atoms with Gasteiger partial charge in [-0.1, -0.05) is 41.6 Å². The van der Waals surface area contributed by atoms with E-state index in [0.717, 1.165) is 6.07 Å². The number of rotatable bonds is 5. The number of aliphatic carboxylic acids is 1. The molecule has 190 valence electrons. The lowest BCUT2D eigenvalue weighted by Crippen LogP contribution is -2.39. The van der Waals surface area contributed by atoms with E-state index in [0.29, 0.717) is 33.0 Å². The number of fused-ring (bicyclic) bond motifs is 1. The molecule has 1 unspecified atom stereocenters. The lowest BCUT2D eigenvalue weighted by atomic mass is 10.0. The smallest absolute Gasteiger partial charge is 0.416 e. The average molecular weight is 547 g/mol. The van der Waals surface area contributed by atoms with E-state index in [1.165, 1.54) is 28.6 Å². The number of nitrogens with one attached hydrogen (secondary N) is 1. The molecule has 3 aromatic rings. The third-order valence-corrected chi connectivity index (χ3v) is 7.34. The molecule has 7 nitrogen and oxygen atoms in total. The van der Waals surface area contributed by atoms with Crippen LogP contribution in [0.15, 0.2) is 64.1 Å². The van der Waals surface area contributed by atoms with Gasteiger partial charge in [-0.3, -0.25) is 9.48 Å². The summed E-state index contributed by atoms with van der Waals surface area (Å²) in [4.78, 5) is 28.3. The first kappa shape index (κ1) is 25.2. The van der Waals surface area contributed by atoms with Crippen molar-refractivity contribution in [2.45, 2.75) is 25.2 Å². The molecule has 12 heteroatoms. The molecule has 1 atom stereocenters. The molecular weight excluding hydrogens is 529 g/mol. The third-order valence-electron chi connectivity index (χ3n) is 6.01. The average Bonchev–Trinajstić information content (AvgIpc) is 3.42. The Kier molecular flexibility index (Phi) is 6.69. The molecule has 2 N–H and O–H groups in total. The summed E-state index contributed by atoms with van der Waals surface area (Å²) in [5.41, 5.74) is 0.843.